The van der Waals surface area contributed by atoms with E-state index in [1.165, 1.54) is 0 Å². The molecule has 84 valence electrons. The number of rotatable bonds is 5. The van der Waals surface area contributed by atoms with E-state index in [0.29, 0.717) is 12.3 Å². The first-order chi connectivity index (χ1) is 7.15. The second-order valence-corrected chi connectivity index (χ2v) is 3.38. The fraction of sp³-hybridized carbons (Fsp3) is 0.545. The van der Waals surface area contributed by atoms with Crippen molar-refractivity contribution in [1.29, 1.82) is 0 Å². The van der Waals surface area contributed by atoms with Gasteiger partial charge in [0.1, 0.15) is 5.69 Å². The van der Waals surface area contributed by atoms with Crippen molar-refractivity contribution in [3.63, 3.8) is 0 Å². The lowest BCUT2D eigenvalue weighted by Gasteiger charge is -2.02. The van der Waals surface area contributed by atoms with Gasteiger partial charge in [0.25, 0.3) is 0 Å². The van der Waals surface area contributed by atoms with E-state index in [9.17, 15) is 4.79 Å². The van der Waals surface area contributed by atoms with Crippen LogP contribution in [0, 0.1) is 0 Å². The van der Waals surface area contributed by atoms with E-state index < -0.39 is 5.97 Å². The van der Waals surface area contributed by atoms with E-state index in [-0.39, 0.29) is 0 Å². The smallest absolute Gasteiger partial charge is 0.352 e. The predicted octanol–water partition coefficient (Wildman–Crippen LogP) is 1.98. The molecule has 1 heterocycles. The molecule has 1 aromatic rings. The van der Waals surface area contributed by atoms with Crippen LogP contribution in [0.3, 0.4) is 0 Å². The Hall–Kier alpha value is -1.29. The van der Waals surface area contributed by atoms with Crippen LogP contribution in [0.25, 0.3) is 0 Å². The lowest BCUT2D eigenvalue weighted by atomic mass is 10.0. The molecular formula is C11H17NO3. The maximum atomic E-state index is 11.0. The highest BCUT2D eigenvalue weighted by atomic mass is 16.5. The van der Waals surface area contributed by atoms with Gasteiger partial charge in [0.15, 0.2) is 0 Å². The van der Waals surface area contributed by atoms with E-state index in [0.717, 1.165) is 29.7 Å². The highest BCUT2D eigenvalue weighted by molar-refractivity contribution is 5.88. The SMILES string of the molecule is CCc1c(COC)[nH]c(C(=O)O)c1CC. The number of hydrogen-bond donors (Lipinski definition) is 2. The van der Waals surface area contributed by atoms with Crippen LogP contribution in [-0.4, -0.2) is 23.2 Å². The molecule has 0 saturated carbocycles. The first-order valence-electron chi connectivity index (χ1n) is 5.10. The summed E-state index contributed by atoms with van der Waals surface area (Å²) in [5.74, 6) is -0.899. The summed E-state index contributed by atoms with van der Waals surface area (Å²) in [6, 6.07) is 0. The molecule has 4 heteroatoms. The number of H-pyrrole nitrogens is 1. The van der Waals surface area contributed by atoms with E-state index in [1.54, 1.807) is 7.11 Å². The Balaban J connectivity index is 3.24. The number of aromatic amines is 1. The van der Waals surface area contributed by atoms with Crippen LogP contribution in [0.1, 0.15) is 41.2 Å². The minimum absolute atomic E-state index is 0.307. The van der Waals surface area contributed by atoms with Crippen LogP contribution < -0.4 is 0 Å². The summed E-state index contributed by atoms with van der Waals surface area (Å²) in [5, 5.41) is 9.03. The molecule has 0 aliphatic heterocycles. The monoisotopic (exact) mass is 211 g/mol. The number of aromatic nitrogens is 1. The number of carbonyl (C=O) groups is 1. The Morgan fingerprint density at radius 1 is 1.33 bits per heavy atom. The summed E-state index contributed by atoms with van der Waals surface area (Å²) in [6.45, 7) is 4.42. The average molecular weight is 211 g/mol. The van der Waals surface area contributed by atoms with Crippen molar-refractivity contribution >= 4 is 5.97 Å². The van der Waals surface area contributed by atoms with Crippen LogP contribution in [0.4, 0.5) is 0 Å². The lowest BCUT2D eigenvalue weighted by molar-refractivity contribution is 0.0689. The topological polar surface area (TPSA) is 62.3 Å². The fourth-order valence-electron chi connectivity index (χ4n) is 1.90. The van der Waals surface area contributed by atoms with Gasteiger partial charge in [-0.25, -0.2) is 4.79 Å². The van der Waals surface area contributed by atoms with E-state index in [2.05, 4.69) is 4.98 Å². The van der Waals surface area contributed by atoms with Gasteiger partial charge in [0, 0.05) is 12.8 Å². The van der Waals surface area contributed by atoms with Gasteiger partial charge in [-0.15, -0.1) is 0 Å². The minimum atomic E-state index is -0.899. The van der Waals surface area contributed by atoms with Crippen molar-refractivity contribution in [3.8, 4) is 0 Å². The third kappa shape index (κ3) is 2.21. The number of ether oxygens (including phenoxy) is 1. The van der Waals surface area contributed by atoms with Crippen LogP contribution >= 0.6 is 0 Å². The number of carboxylic acids is 1. The quantitative estimate of drug-likeness (QED) is 0.782. The molecule has 1 rings (SSSR count). The molecule has 2 N–H and O–H groups in total. The Labute approximate surface area is 89.3 Å². The lowest BCUT2D eigenvalue weighted by Crippen LogP contribution is -2.01. The summed E-state index contributed by atoms with van der Waals surface area (Å²) in [6.07, 6.45) is 1.55. The predicted molar refractivity (Wildman–Crippen MR) is 57.2 cm³/mol. The molecule has 15 heavy (non-hydrogen) atoms. The van der Waals surface area contributed by atoms with Crippen molar-refractivity contribution in [2.24, 2.45) is 0 Å². The van der Waals surface area contributed by atoms with Crippen LogP contribution in [0.15, 0.2) is 0 Å². The maximum absolute atomic E-state index is 11.0. The Kier molecular flexibility index (Phi) is 3.91. The summed E-state index contributed by atoms with van der Waals surface area (Å²) < 4.78 is 5.04. The van der Waals surface area contributed by atoms with Crippen molar-refractivity contribution in [2.45, 2.75) is 33.3 Å². The molecule has 4 nitrogen and oxygen atoms in total. The van der Waals surface area contributed by atoms with E-state index >= 15 is 0 Å². The van der Waals surface area contributed by atoms with Crippen LogP contribution in [0.2, 0.25) is 0 Å². The zero-order chi connectivity index (χ0) is 11.4. The average Bonchev–Trinajstić information content (AvgIpc) is 2.56. The molecule has 0 aliphatic carbocycles. The molecule has 0 aromatic carbocycles. The summed E-state index contributed by atoms with van der Waals surface area (Å²) in [5.41, 5.74) is 3.17. The number of nitrogens with one attached hydrogen (secondary N) is 1. The molecule has 0 radical (unpaired) electrons. The summed E-state index contributed by atoms with van der Waals surface area (Å²) >= 11 is 0. The van der Waals surface area contributed by atoms with Crippen LogP contribution in [-0.2, 0) is 24.2 Å². The van der Waals surface area contributed by atoms with Gasteiger partial charge < -0.3 is 14.8 Å². The molecule has 1 aromatic heterocycles. The van der Waals surface area contributed by atoms with Gasteiger partial charge in [-0.3, -0.25) is 0 Å². The molecule has 0 atom stereocenters. The minimum Gasteiger partial charge on any atom is -0.477 e. The second kappa shape index (κ2) is 4.98. The normalized spacial score (nSPS) is 10.6. The van der Waals surface area contributed by atoms with Gasteiger partial charge >= 0.3 is 5.97 Å². The van der Waals surface area contributed by atoms with Gasteiger partial charge in [0.05, 0.1) is 6.61 Å². The van der Waals surface area contributed by atoms with Gasteiger partial charge in [-0.1, -0.05) is 13.8 Å². The molecule has 0 bridgehead atoms. The Bertz CT molecular complexity index is 355. The highest BCUT2D eigenvalue weighted by Gasteiger charge is 2.18. The maximum Gasteiger partial charge on any atom is 0.352 e. The number of aromatic carboxylic acids is 1. The zero-order valence-corrected chi connectivity index (χ0v) is 9.39. The number of hydrogen-bond acceptors (Lipinski definition) is 2. The van der Waals surface area contributed by atoms with Gasteiger partial charge in [0.2, 0.25) is 0 Å². The molecule has 0 unspecified atom stereocenters. The largest absolute Gasteiger partial charge is 0.477 e. The standard InChI is InChI=1S/C11H17NO3/c1-4-7-8(5-2)10(11(13)14)12-9(7)6-15-3/h12H,4-6H2,1-3H3,(H,13,14). The third-order valence-corrected chi connectivity index (χ3v) is 2.52. The molecule has 0 saturated heterocycles. The van der Waals surface area contributed by atoms with Crippen molar-refractivity contribution in [2.75, 3.05) is 7.11 Å². The summed E-state index contributed by atoms with van der Waals surface area (Å²) in [4.78, 5) is 13.9. The molecule has 0 aliphatic rings. The highest BCUT2D eigenvalue weighted by Crippen LogP contribution is 2.21. The Morgan fingerprint density at radius 3 is 2.33 bits per heavy atom. The third-order valence-electron chi connectivity index (χ3n) is 2.52. The summed E-state index contributed by atoms with van der Waals surface area (Å²) in [7, 11) is 1.60. The van der Waals surface area contributed by atoms with Crippen LogP contribution in [0.5, 0.6) is 0 Å². The fourth-order valence-corrected chi connectivity index (χ4v) is 1.90. The molecule has 0 fully saturated rings. The van der Waals surface area contributed by atoms with Gasteiger partial charge in [-0.2, -0.15) is 0 Å². The van der Waals surface area contributed by atoms with Gasteiger partial charge in [-0.05, 0) is 24.0 Å². The van der Waals surface area contributed by atoms with Crippen molar-refractivity contribution in [3.05, 3.63) is 22.5 Å². The zero-order valence-electron chi connectivity index (χ0n) is 9.39. The van der Waals surface area contributed by atoms with Crippen molar-refractivity contribution in [1.82, 2.24) is 4.98 Å². The molecular weight excluding hydrogens is 194 g/mol. The Morgan fingerprint density at radius 2 is 1.93 bits per heavy atom. The first-order valence-corrected chi connectivity index (χ1v) is 5.10. The number of methoxy groups -OCH3 is 1. The molecule has 0 spiro atoms. The van der Waals surface area contributed by atoms with E-state index in [1.807, 2.05) is 13.8 Å². The number of carboxylic acid groups (broad SMARTS) is 1. The van der Waals surface area contributed by atoms with Crippen molar-refractivity contribution < 1.29 is 14.6 Å². The second-order valence-electron chi connectivity index (χ2n) is 3.38. The first kappa shape index (κ1) is 11.8. The molecule has 0 amide bonds. The van der Waals surface area contributed by atoms with E-state index in [4.69, 9.17) is 9.84 Å².